The molecule has 0 heterocycles. The van der Waals surface area contributed by atoms with Gasteiger partial charge in [0.2, 0.25) is 0 Å². The molecule has 1 aromatic carbocycles. The Morgan fingerprint density at radius 3 is 2.79 bits per heavy atom. The van der Waals surface area contributed by atoms with Crippen molar-refractivity contribution < 1.29 is 9.53 Å². The van der Waals surface area contributed by atoms with E-state index in [1.165, 1.54) is 0 Å². The fourth-order valence-electron chi connectivity index (χ4n) is 1.37. The summed E-state index contributed by atoms with van der Waals surface area (Å²) in [4.78, 5) is 11.5. The zero-order chi connectivity index (χ0) is 9.97. The Morgan fingerprint density at radius 2 is 2.21 bits per heavy atom. The number of benzene rings is 1. The highest BCUT2D eigenvalue weighted by atomic mass is 79.9. The minimum atomic E-state index is -0.0886. The lowest BCUT2D eigenvalue weighted by Crippen LogP contribution is -2.26. The SMILES string of the molecule is O=C(Oc1cccc(Br)c1)C1CCC1. The highest BCUT2D eigenvalue weighted by Crippen LogP contribution is 2.28. The van der Waals surface area contributed by atoms with Crippen LogP contribution < -0.4 is 4.74 Å². The molecule has 74 valence electrons. The summed E-state index contributed by atoms with van der Waals surface area (Å²) in [7, 11) is 0. The molecule has 0 amide bonds. The summed E-state index contributed by atoms with van der Waals surface area (Å²) in [6.07, 6.45) is 3.11. The molecule has 2 nitrogen and oxygen atoms in total. The van der Waals surface area contributed by atoms with Gasteiger partial charge in [0.15, 0.2) is 0 Å². The summed E-state index contributed by atoms with van der Waals surface area (Å²) in [5.74, 6) is 0.666. The van der Waals surface area contributed by atoms with E-state index in [9.17, 15) is 4.79 Å². The quantitative estimate of drug-likeness (QED) is 0.599. The predicted molar refractivity (Wildman–Crippen MR) is 57.1 cm³/mol. The maximum Gasteiger partial charge on any atom is 0.314 e. The summed E-state index contributed by atoms with van der Waals surface area (Å²) < 4.78 is 6.16. The molecule has 1 aliphatic carbocycles. The highest BCUT2D eigenvalue weighted by molar-refractivity contribution is 9.10. The fraction of sp³-hybridized carbons (Fsp3) is 0.364. The van der Waals surface area contributed by atoms with Crippen LogP contribution in [0.15, 0.2) is 28.7 Å². The van der Waals surface area contributed by atoms with Gasteiger partial charge in [0.25, 0.3) is 0 Å². The summed E-state index contributed by atoms with van der Waals surface area (Å²) in [5.41, 5.74) is 0. The maximum atomic E-state index is 11.5. The van der Waals surface area contributed by atoms with Crippen molar-refractivity contribution in [1.29, 1.82) is 0 Å². The van der Waals surface area contributed by atoms with Crippen LogP contribution in [0.25, 0.3) is 0 Å². The molecule has 0 saturated heterocycles. The lowest BCUT2D eigenvalue weighted by molar-refractivity contribution is -0.141. The van der Waals surface area contributed by atoms with E-state index >= 15 is 0 Å². The van der Waals surface area contributed by atoms with Gasteiger partial charge < -0.3 is 4.74 Å². The topological polar surface area (TPSA) is 26.3 Å². The molecule has 0 spiro atoms. The average molecular weight is 255 g/mol. The minimum Gasteiger partial charge on any atom is -0.426 e. The molecule has 0 N–H and O–H groups in total. The first-order valence-corrected chi connectivity index (χ1v) is 5.52. The van der Waals surface area contributed by atoms with Gasteiger partial charge in [0, 0.05) is 4.47 Å². The molecule has 1 fully saturated rings. The third-order valence-electron chi connectivity index (χ3n) is 2.45. The Labute approximate surface area is 91.4 Å². The second kappa shape index (κ2) is 4.13. The first-order chi connectivity index (χ1) is 6.75. The smallest absolute Gasteiger partial charge is 0.314 e. The van der Waals surface area contributed by atoms with Gasteiger partial charge in [-0.2, -0.15) is 0 Å². The first-order valence-electron chi connectivity index (χ1n) is 4.73. The second-order valence-electron chi connectivity index (χ2n) is 3.51. The number of halogens is 1. The second-order valence-corrected chi connectivity index (χ2v) is 4.42. The molecule has 0 bridgehead atoms. The van der Waals surface area contributed by atoms with Crippen molar-refractivity contribution in [2.75, 3.05) is 0 Å². The number of ether oxygens (including phenoxy) is 1. The van der Waals surface area contributed by atoms with Crippen LogP contribution in [0.4, 0.5) is 0 Å². The maximum absolute atomic E-state index is 11.5. The van der Waals surface area contributed by atoms with E-state index < -0.39 is 0 Å². The van der Waals surface area contributed by atoms with Crippen LogP contribution in [0.5, 0.6) is 5.75 Å². The van der Waals surface area contributed by atoms with Crippen LogP contribution in [-0.4, -0.2) is 5.97 Å². The van der Waals surface area contributed by atoms with Crippen molar-refractivity contribution in [2.45, 2.75) is 19.3 Å². The Hall–Kier alpha value is -0.830. The van der Waals surface area contributed by atoms with E-state index in [4.69, 9.17) is 4.74 Å². The Morgan fingerprint density at radius 1 is 1.43 bits per heavy atom. The number of rotatable bonds is 2. The first kappa shape index (κ1) is 9.71. The van der Waals surface area contributed by atoms with Crippen molar-refractivity contribution >= 4 is 21.9 Å². The number of esters is 1. The molecule has 1 aliphatic rings. The van der Waals surface area contributed by atoms with Crippen molar-refractivity contribution in [3.05, 3.63) is 28.7 Å². The van der Waals surface area contributed by atoms with Gasteiger partial charge in [-0.05, 0) is 31.0 Å². The molecule has 1 saturated carbocycles. The van der Waals surface area contributed by atoms with Crippen molar-refractivity contribution in [2.24, 2.45) is 5.92 Å². The zero-order valence-electron chi connectivity index (χ0n) is 7.70. The molecular weight excluding hydrogens is 244 g/mol. The van der Waals surface area contributed by atoms with E-state index in [1.807, 2.05) is 12.1 Å². The van der Waals surface area contributed by atoms with Crippen LogP contribution in [0.1, 0.15) is 19.3 Å². The van der Waals surface area contributed by atoms with Gasteiger partial charge in [-0.15, -0.1) is 0 Å². The lowest BCUT2D eigenvalue weighted by atomic mass is 9.86. The Kier molecular flexibility index (Phi) is 2.87. The lowest BCUT2D eigenvalue weighted by Gasteiger charge is -2.22. The molecule has 2 rings (SSSR count). The summed E-state index contributed by atoms with van der Waals surface area (Å²) >= 11 is 3.33. The van der Waals surface area contributed by atoms with Gasteiger partial charge in [-0.25, -0.2) is 0 Å². The van der Waals surface area contributed by atoms with Crippen LogP contribution in [0.2, 0.25) is 0 Å². The number of hydrogen-bond acceptors (Lipinski definition) is 2. The highest BCUT2D eigenvalue weighted by Gasteiger charge is 2.26. The number of carbonyl (C=O) groups is 1. The normalized spacial score (nSPS) is 16.1. The van der Waals surface area contributed by atoms with E-state index in [-0.39, 0.29) is 11.9 Å². The molecule has 3 heteroatoms. The van der Waals surface area contributed by atoms with Crippen LogP contribution in [0.3, 0.4) is 0 Å². The molecule has 0 atom stereocenters. The summed E-state index contributed by atoms with van der Waals surface area (Å²) in [5, 5.41) is 0. The zero-order valence-corrected chi connectivity index (χ0v) is 9.29. The molecule has 1 aromatic rings. The minimum absolute atomic E-state index is 0.0886. The molecule has 0 radical (unpaired) electrons. The van der Waals surface area contributed by atoms with Crippen molar-refractivity contribution in [3.63, 3.8) is 0 Å². The standard InChI is InChI=1S/C11H11BrO2/c12-9-5-2-6-10(7-9)14-11(13)8-3-1-4-8/h2,5-8H,1,3-4H2. The molecule has 0 aromatic heterocycles. The number of carbonyl (C=O) groups excluding carboxylic acids is 1. The molecular formula is C11H11BrO2. The fourth-order valence-corrected chi connectivity index (χ4v) is 1.75. The Balaban J connectivity index is 1.99. The van der Waals surface area contributed by atoms with Gasteiger partial charge in [-0.3, -0.25) is 4.79 Å². The van der Waals surface area contributed by atoms with Crippen molar-refractivity contribution in [3.8, 4) is 5.75 Å². The third-order valence-corrected chi connectivity index (χ3v) is 2.95. The van der Waals surface area contributed by atoms with E-state index in [0.29, 0.717) is 5.75 Å². The predicted octanol–water partition coefficient (Wildman–Crippen LogP) is 3.15. The summed E-state index contributed by atoms with van der Waals surface area (Å²) in [6.45, 7) is 0. The monoisotopic (exact) mass is 254 g/mol. The average Bonchev–Trinajstić information content (AvgIpc) is 1.99. The Bertz CT molecular complexity index is 345. The van der Waals surface area contributed by atoms with Gasteiger partial charge in [-0.1, -0.05) is 28.4 Å². The summed E-state index contributed by atoms with van der Waals surface area (Å²) in [6, 6.07) is 7.35. The van der Waals surface area contributed by atoms with Gasteiger partial charge in [0.05, 0.1) is 5.92 Å². The van der Waals surface area contributed by atoms with E-state index in [0.717, 1.165) is 23.7 Å². The largest absolute Gasteiger partial charge is 0.426 e. The van der Waals surface area contributed by atoms with Gasteiger partial charge in [0.1, 0.15) is 5.75 Å². The molecule has 0 aliphatic heterocycles. The van der Waals surface area contributed by atoms with E-state index in [2.05, 4.69) is 15.9 Å². The number of hydrogen-bond donors (Lipinski definition) is 0. The van der Waals surface area contributed by atoms with Crippen LogP contribution >= 0.6 is 15.9 Å². The van der Waals surface area contributed by atoms with Crippen molar-refractivity contribution in [1.82, 2.24) is 0 Å². The van der Waals surface area contributed by atoms with Crippen LogP contribution in [0, 0.1) is 5.92 Å². The van der Waals surface area contributed by atoms with E-state index in [1.54, 1.807) is 12.1 Å². The molecule has 0 unspecified atom stereocenters. The van der Waals surface area contributed by atoms with Crippen LogP contribution in [-0.2, 0) is 4.79 Å². The third kappa shape index (κ3) is 2.15. The van der Waals surface area contributed by atoms with Gasteiger partial charge >= 0.3 is 5.97 Å². The molecule has 14 heavy (non-hydrogen) atoms.